The summed E-state index contributed by atoms with van der Waals surface area (Å²) in [6.07, 6.45) is 3.12. The van der Waals surface area contributed by atoms with Crippen LogP contribution < -0.4 is 15.0 Å². The van der Waals surface area contributed by atoms with E-state index in [4.69, 9.17) is 26.3 Å². The quantitative estimate of drug-likeness (QED) is 0.579. The first-order valence-electron chi connectivity index (χ1n) is 11.1. The summed E-state index contributed by atoms with van der Waals surface area (Å²) in [5, 5.41) is 3.66. The Morgan fingerprint density at radius 3 is 2.64 bits per heavy atom. The number of sulfone groups is 1. The summed E-state index contributed by atoms with van der Waals surface area (Å²) in [7, 11) is -1.68. The first kappa shape index (κ1) is 22.2. The van der Waals surface area contributed by atoms with Crippen LogP contribution in [0.3, 0.4) is 0 Å². The number of hydrogen-bond donors (Lipinski definition) is 1. The molecule has 5 rings (SSSR count). The molecule has 1 atom stereocenters. The zero-order chi connectivity index (χ0) is 23.5. The molecule has 2 aromatic heterocycles. The maximum Gasteiger partial charge on any atom is 0.239 e. The number of hydrogen-bond acceptors (Lipinski definition) is 8. The Hall–Kier alpha value is -2.59. The van der Waals surface area contributed by atoms with Crippen LogP contribution in [-0.2, 0) is 14.6 Å². The number of halogens is 1. The molecule has 3 heterocycles. The summed E-state index contributed by atoms with van der Waals surface area (Å²) in [6.45, 7) is 5.26. The second-order valence-corrected chi connectivity index (χ2v) is 11.5. The van der Waals surface area contributed by atoms with E-state index in [0.29, 0.717) is 60.2 Å². The van der Waals surface area contributed by atoms with Crippen molar-refractivity contribution in [1.29, 1.82) is 0 Å². The van der Waals surface area contributed by atoms with E-state index in [-0.39, 0.29) is 6.04 Å². The molecule has 0 saturated heterocycles. The zero-order valence-electron chi connectivity index (χ0n) is 19.1. The molecular formula is C22H27ClN6O3S. The van der Waals surface area contributed by atoms with E-state index in [1.54, 1.807) is 23.7 Å². The molecule has 0 spiro atoms. The van der Waals surface area contributed by atoms with E-state index in [9.17, 15) is 8.42 Å². The molecule has 11 heteroatoms. The second-order valence-electron chi connectivity index (χ2n) is 8.74. The maximum atomic E-state index is 13.0. The SMILES string of the molecule is CCN1c2nc(-n3c(NC)nc4ccc(Cl)cc43)nc(C3(S(C)(=O)=O)CCC3)c2OC[C@@H]1C. The highest BCUT2D eigenvalue weighted by atomic mass is 35.5. The van der Waals surface area contributed by atoms with Gasteiger partial charge >= 0.3 is 0 Å². The smallest absolute Gasteiger partial charge is 0.239 e. The predicted octanol–water partition coefficient (Wildman–Crippen LogP) is 3.54. The van der Waals surface area contributed by atoms with Gasteiger partial charge in [-0.2, -0.15) is 4.98 Å². The molecule has 33 heavy (non-hydrogen) atoms. The molecule has 0 amide bonds. The van der Waals surface area contributed by atoms with Gasteiger partial charge in [0.15, 0.2) is 21.4 Å². The van der Waals surface area contributed by atoms with Crippen molar-refractivity contribution in [2.75, 3.05) is 36.7 Å². The second kappa shape index (κ2) is 7.73. The van der Waals surface area contributed by atoms with Gasteiger partial charge in [-0.15, -0.1) is 0 Å². The van der Waals surface area contributed by atoms with Gasteiger partial charge in [0.1, 0.15) is 17.0 Å². The molecule has 2 aliphatic rings. The largest absolute Gasteiger partial charge is 0.486 e. The Labute approximate surface area is 198 Å². The average Bonchev–Trinajstić information content (AvgIpc) is 3.09. The minimum atomic E-state index is -3.45. The van der Waals surface area contributed by atoms with Crippen LogP contribution in [0.25, 0.3) is 17.0 Å². The third-order valence-corrected chi connectivity index (χ3v) is 9.05. The van der Waals surface area contributed by atoms with Gasteiger partial charge in [-0.25, -0.2) is 23.0 Å². The van der Waals surface area contributed by atoms with Crippen LogP contribution in [0.15, 0.2) is 18.2 Å². The molecule has 9 nitrogen and oxygen atoms in total. The molecule has 1 fully saturated rings. The number of rotatable bonds is 5. The van der Waals surface area contributed by atoms with Crippen LogP contribution >= 0.6 is 11.6 Å². The number of imidazole rings is 1. The minimum absolute atomic E-state index is 0.0893. The topological polar surface area (TPSA) is 102 Å². The Morgan fingerprint density at radius 2 is 2.03 bits per heavy atom. The molecule has 3 aromatic rings. The summed E-state index contributed by atoms with van der Waals surface area (Å²) >= 11 is 6.30. The summed E-state index contributed by atoms with van der Waals surface area (Å²) < 4.78 is 32.9. The average molecular weight is 491 g/mol. The van der Waals surface area contributed by atoms with E-state index in [0.717, 1.165) is 17.5 Å². The lowest BCUT2D eigenvalue weighted by Crippen LogP contribution is -2.46. The molecule has 0 bridgehead atoms. The highest BCUT2D eigenvalue weighted by Crippen LogP contribution is 2.52. The first-order valence-corrected chi connectivity index (χ1v) is 13.3. The van der Waals surface area contributed by atoms with Crippen molar-refractivity contribution in [3.05, 3.63) is 28.9 Å². The summed E-state index contributed by atoms with van der Waals surface area (Å²) in [5.74, 6) is 1.95. The van der Waals surface area contributed by atoms with Crippen molar-refractivity contribution in [2.24, 2.45) is 0 Å². The van der Waals surface area contributed by atoms with Crippen molar-refractivity contribution < 1.29 is 13.2 Å². The fraction of sp³-hybridized carbons (Fsp3) is 0.500. The fourth-order valence-corrected chi connectivity index (χ4v) is 6.51. The summed E-state index contributed by atoms with van der Waals surface area (Å²) in [5.41, 5.74) is 1.89. The van der Waals surface area contributed by atoms with Gasteiger partial charge in [0.05, 0.1) is 17.1 Å². The third kappa shape index (κ3) is 3.25. The van der Waals surface area contributed by atoms with Crippen LogP contribution in [0, 0.1) is 0 Å². The molecular weight excluding hydrogens is 464 g/mol. The van der Waals surface area contributed by atoms with Crippen LogP contribution in [-0.4, -0.2) is 60.4 Å². The molecule has 176 valence electrons. The van der Waals surface area contributed by atoms with Gasteiger partial charge in [-0.05, 0) is 51.3 Å². The fourth-order valence-electron chi connectivity index (χ4n) is 4.83. The van der Waals surface area contributed by atoms with Gasteiger partial charge in [0.25, 0.3) is 0 Å². The van der Waals surface area contributed by atoms with Crippen LogP contribution in [0.1, 0.15) is 38.8 Å². The Kier molecular flexibility index (Phi) is 5.20. The van der Waals surface area contributed by atoms with E-state index in [2.05, 4.69) is 22.1 Å². The first-order chi connectivity index (χ1) is 15.7. The Bertz CT molecular complexity index is 1350. The van der Waals surface area contributed by atoms with E-state index in [1.165, 1.54) is 6.26 Å². The predicted molar refractivity (Wildman–Crippen MR) is 130 cm³/mol. The number of benzene rings is 1. The van der Waals surface area contributed by atoms with Crippen molar-refractivity contribution in [1.82, 2.24) is 19.5 Å². The molecule has 0 radical (unpaired) electrons. The zero-order valence-corrected chi connectivity index (χ0v) is 20.7. The van der Waals surface area contributed by atoms with Crippen molar-refractivity contribution in [3.8, 4) is 11.7 Å². The Balaban J connectivity index is 1.85. The lowest BCUT2D eigenvalue weighted by atomic mass is 9.81. The molecule has 1 aliphatic heterocycles. The molecule has 1 aromatic carbocycles. The van der Waals surface area contributed by atoms with Gasteiger partial charge in [0.2, 0.25) is 11.9 Å². The third-order valence-electron chi connectivity index (χ3n) is 6.79. The van der Waals surface area contributed by atoms with E-state index in [1.807, 2.05) is 13.0 Å². The molecule has 1 aliphatic carbocycles. The highest BCUT2D eigenvalue weighted by Gasteiger charge is 2.52. The normalized spacial score (nSPS) is 19.7. The minimum Gasteiger partial charge on any atom is -0.486 e. The Morgan fingerprint density at radius 1 is 1.27 bits per heavy atom. The number of anilines is 2. The van der Waals surface area contributed by atoms with Crippen molar-refractivity contribution in [3.63, 3.8) is 0 Å². The summed E-state index contributed by atoms with van der Waals surface area (Å²) in [4.78, 5) is 16.5. The number of nitrogens with one attached hydrogen (secondary N) is 1. The van der Waals surface area contributed by atoms with Crippen molar-refractivity contribution in [2.45, 2.75) is 43.9 Å². The van der Waals surface area contributed by atoms with Crippen LogP contribution in [0.2, 0.25) is 5.02 Å². The number of ether oxygens (including phenoxy) is 1. The van der Waals surface area contributed by atoms with Crippen LogP contribution in [0.5, 0.6) is 5.75 Å². The van der Waals surface area contributed by atoms with Gasteiger partial charge in [-0.3, -0.25) is 0 Å². The standard InChI is InChI=1S/C22H27ClN6O3S/c1-5-28-13(2)12-32-17-18(22(9-6-10-22)33(4,30)31)26-21(27-19(17)28)29-16-11-14(23)7-8-15(16)25-20(29)24-3/h7-8,11,13H,5-6,9-10,12H2,1-4H3,(H,24,25)/t13-/m0/s1. The number of aromatic nitrogens is 4. The van der Waals surface area contributed by atoms with Gasteiger partial charge in [-0.1, -0.05) is 11.6 Å². The number of likely N-dealkylation sites (N-methyl/N-ethyl adjacent to an activating group) is 1. The van der Waals surface area contributed by atoms with Gasteiger partial charge < -0.3 is 15.0 Å². The van der Waals surface area contributed by atoms with E-state index >= 15 is 0 Å². The lowest BCUT2D eigenvalue weighted by Gasteiger charge is -2.43. The van der Waals surface area contributed by atoms with Crippen molar-refractivity contribution >= 4 is 44.2 Å². The molecule has 0 unspecified atom stereocenters. The van der Waals surface area contributed by atoms with E-state index < -0.39 is 14.6 Å². The maximum absolute atomic E-state index is 13.0. The number of fused-ring (bicyclic) bond motifs is 2. The highest BCUT2D eigenvalue weighted by molar-refractivity contribution is 7.91. The lowest BCUT2D eigenvalue weighted by molar-refractivity contribution is 0.249. The number of nitrogens with zero attached hydrogens (tertiary/aromatic N) is 5. The summed E-state index contributed by atoms with van der Waals surface area (Å²) in [6, 6.07) is 5.51. The monoisotopic (exact) mass is 490 g/mol. The molecule has 1 saturated carbocycles. The van der Waals surface area contributed by atoms with Crippen LogP contribution in [0.4, 0.5) is 11.8 Å². The molecule has 1 N–H and O–H groups in total. The van der Waals surface area contributed by atoms with Gasteiger partial charge in [0, 0.05) is 24.9 Å².